The molecular formula is C39H27N3. The third kappa shape index (κ3) is 3.11. The number of aromatic nitrogens is 3. The molecule has 3 heteroatoms. The molecule has 6 aromatic carbocycles. The number of nitrogens with zero attached hydrogens (tertiary/aromatic N) is 3. The zero-order valence-corrected chi connectivity index (χ0v) is 23.5. The van der Waals surface area contributed by atoms with E-state index in [-0.39, 0.29) is 5.41 Å². The Morgan fingerprint density at radius 2 is 1.38 bits per heavy atom. The Balaban J connectivity index is 1.39. The lowest BCUT2D eigenvalue weighted by Crippen LogP contribution is -2.15. The number of hydrogen-bond acceptors (Lipinski definition) is 2. The fourth-order valence-electron chi connectivity index (χ4n) is 7.29. The van der Waals surface area contributed by atoms with E-state index >= 15 is 0 Å². The summed E-state index contributed by atoms with van der Waals surface area (Å²) in [5, 5.41) is 6.22. The van der Waals surface area contributed by atoms with Crippen LogP contribution in [0.25, 0.3) is 71.7 Å². The van der Waals surface area contributed by atoms with Crippen LogP contribution in [0.4, 0.5) is 0 Å². The number of fused-ring (bicyclic) bond motifs is 10. The second kappa shape index (κ2) is 8.37. The van der Waals surface area contributed by atoms with Gasteiger partial charge in [-0.15, -0.1) is 0 Å². The lowest BCUT2D eigenvalue weighted by atomic mass is 9.81. The van der Waals surface area contributed by atoms with Crippen molar-refractivity contribution >= 4 is 43.5 Å². The Morgan fingerprint density at radius 1 is 0.619 bits per heavy atom. The zero-order chi connectivity index (χ0) is 28.0. The van der Waals surface area contributed by atoms with Crippen molar-refractivity contribution in [1.29, 1.82) is 0 Å². The summed E-state index contributed by atoms with van der Waals surface area (Å²) >= 11 is 0. The van der Waals surface area contributed by atoms with Crippen molar-refractivity contribution in [3.63, 3.8) is 0 Å². The molecule has 3 nitrogen and oxygen atoms in total. The summed E-state index contributed by atoms with van der Waals surface area (Å²) in [4.78, 5) is 10.2. The van der Waals surface area contributed by atoms with Gasteiger partial charge in [0.1, 0.15) is 5.52 Å². The normalized spacial score (nSPS) is 13.7. The summed E-state index contributed by atoms with van der Waals surface area (Å²) in [6, 6.07) is 43.6. The van der Waals surface area contributed by atoms with Crippen molar-refractivity contribution in [1.82, 2.24) is 14.5 Å². The minimum atomic E-state index is -0.162. The summed E-state index contributed by atoms with van der Waals surface area (Å²) in [5.41, 5.74) is 10.5. The van der Waals surface area contributed by atoms with E-state index < -0.39 is 0 Å². The van der Waals surface area contributed by atoms with E-state index in [0.717, 1.165) is 33.6 Å². The Morgan fingerprint density at radius 3 is 2.29 bits per heavy atom. The van der Waals surface area contributed by atoms with E-state index in [1.807, 2.05) is 24.4 Å². The van der Waals surface area contributed by atoms with Crippen molar-refractivity contribution in [3.8, 4) is 28.2 Å². The molecule has 2 aromatic heterocycles. The first-order valence-corrected chi connectivity index (χ1v) is 14.5. The molecule has 0 bridgehead atoms. The SMILES string of the molecule is CC1(C)c2ccccc2-c2ccc3c(c21)c1nc(-c2ccccc2)ncc1n3-c1ccc2c(ccc3ccccc32)c1. The minimum absolute atomic E-state index is 0.162. The van der Waals surface area contributed by atoms with Gasteiger partial charge in [0.25, 0.3) is 0 Å². The highest BCUT2D eigenvalue weighted by atomic mass is 15.0. The molecule has 0 fully saturated rings. The molecule has 0 radical (unpaired) electrons. The van der Waals surface area contributed by atoms with Crippen LogP contribution < -0.4 is 0 Å². The van der Waals surface area contributed by atoms with Gasteiger partial charge in [-0.2, -0.15) is 0 Å². The van der Waals surface area contributed by atoms with Gasteiger partial charge in [0, 0.05) is 22.1 Å². The van der Waals surface area contributed by atoms with Crippen LogP contribution in [0.5, 0.6) is 0 Å². The highest BCUT2D eigenvalue weighted by molar-refractivity contribution is 6.13. The van der Waals surface area contributed by atoms with Crippen LogP contribution in [0, 0.1) is 0 Å². The standard InChI is InChI=1S/C39H27N3/c1-39(2)32-15-9-8-14-30(32)31-20-21-33-35(36(31)39)37-34(23-40-38(41-37)25-11-4-3-5-12-25)42(33)27-18-19-29-26(22-27)17-16-24-10-6-7-13-28(24)29/h3-23H,1-2H3. The predicted octanol–water partition coefficient (Wildman–Crippen LogP) is 9.85. The fraction of sp³-hybridized carbons (Fsp3) is 0.0769. The van der Waals surface area contributed by atoms with Crippen LogP contribution in [0.1, 0.15) is 25.0 Å². The molecule has 0 saturated heterocycles. The summed E-state index contributed by atoms with van der Waals surface area (Å²) < 4.78 is 2.35. The molecule has 42 heavy (non-hydrogen) atoms. The van der Waals surface area contributed by atoms with Gasteiger partial charge in [-0.3, -0.25) is 0 Å². The van der Waals surface area contributed by atoms with Crippen molar-refractivity contribution in [3.05, 3.63) is 139 Å². The summed E-state index contributed by atoms with van der Waals surface area (Å²) in [5.74, 6) is 0.748. The van der Waals surface area contributed by atoms with E-state index in [9.17, 15) is 0 Å². The van der Waals surface area contributed by atoms with Gasteiger partial charge in [0.2, 0.25) is 0 Å². The third-order valence-corrected chi connectivity index (χ3v) is 9.21. The van der Waals surface area contributed by atoms with Crippen LogP contribution in [0.3, 0.4) is 0 Å². The van der Waals surface area contributed by atoms with Crippen LogP contribution in [0.15, 0.2) is 128 Å². The molecule has 1 aliphatic carbocycles. The van der Waals surface area contributed by atoms with Crippen molar-refractivity contribution in [2.45, 2.75) is 19.3 Å². The van der Waals surface area contributed by atoms with Crippen molar-refractivity contribution in [2.24, 2.45) is 0 Å². The molecule has 9 rings (SSSR count). The number of benzene rings is 6. The van der Waals surface area contributed by atoms with Crippen LogP contribution in [0.2, 0.25) is 0 Å². The third-order valence-electron chi connectivity index (χ3n) is 9.21. The first kappa shape index (κ1) is 23.4. The second-order valence-corrected chi connectivity index (χ2v) is 11.9. The van der Waals surface area contributed by atoms with Gasteiger partial charge < -0.3 is 4.57 Å². The van der Waals surface area contributed by atoms with Gasteiger partial charge in [0.15, 0.2) is 5.82 Å². The molecule has 8 aromatic rings. The molecule has 0 aliphatic heterocycles. The largest absolute Gasteiger partial charge is 0.306 e. The molecule has 0 unspecified atom stereocenters. The number of rotatable bonds is 2. The summed E-state index contributed by atoms with van der Waals surface area (Å²) in [7, 11) is 0. The molecule has 0 saturated carbocycles. The molecular weight excluding hydrogens is 510 g/mol. The summed E-state index contributed by atoms with van der Waals surface area (Å²) in [6.07, 6.45) is 2.01. The van der Waals surface area contributed by atoms with Crippen LogP contribution in [-0.2, 0) is 5.41 Å². The average Bonchev–Trinajstić information content (AvgIpc) is 3.49. The van der Waals surface area contributed by atoms with Crippen molar-refractivity contribution < 1.29 is 0 Å². The van der Waals surface area contributed by atoms with Gasteiger partial charge >= 0.3 is 0 Å². The quantitative estimate of drug-likeness (QED) is 0.205. The smallest absolute Gasteiger partial charge is 0.159 e. The molecule has 0 atom stereocenters. The fourth-order valence-corrected chi connectivity index (χ4v) is 7.29. The van der Waals surface area contributed by atoms with Gasteiger partial charge in [-0.1, -0.05) is 117 Å². The van der Waals surface area contributed by atoms with E-state index in [1.165, 1.54) is 49.2 Å². The van der Waals surface area contributed by atoms with Gasteiger partial charge in [0.05, 0.1) is 17.2 Å². The molecule has 0 N–H and O–H groups in total. The molecule has 0 spiro atoms. The van der Waals surface area contributed by atoms with E-state index in [0.29, 0.717) is 0 Å². The van der Waals surface area contributed by atoms with Crippen LogP contribution >= 0.6 is 0 Å². The maximum absolute atomic E-state index is 5.30. The lowest BCUT2D eigenvalue weighted by molar-refractivity contribution is 0.666. The Hall–Kier alpha value is -5.28. The highest BCUT2D eigenvalue weighted by Gasteiger charge is 2.38. The van der Waals surface area contributed by atoms with Crippen molar-refractivity contribution in [2.75, 3.05) is 0 Å². The average molecular weight is 538 g/mol. The summed E-state index contributed by atoms with van der Waals surface area (Å²) in [6.45, 7) is 4.70. The van der Waals surface area contributed by atoms with Crippen LogP contribution in [-0.4, -0.2) is 14.5 Å². The van der Waals surface area contributed by atoms with E-state index in [1.54, 1.807) is 0 Å². The molecule has 2 heterocycles. The first-order valence-electron chi connectivity index (χ1n) is 14.5. The zero-order valence-electron chi connectivity index (χ0n) is 23.5. The van der Waals surface area contributed by atoms with E-state index in [4.69, 9.17) is 9.97 Å². The monoisotopic (exact) mass is 537 g/mol. The number of hydrogen-bond donors (Lipinski definition) is 0. The minimum Gasteiger partial charge on any atom is -0.306 e. The molecule has 1 aliphatic rings. The Bertz CT molecular complexity index is 2380. The first-order chi connectivity index (χ1) is 20.6. The molecule has 198 valence electrons. The topological polar surface area (TPSA) is 30.7 Å². The maximum atomic E-state index is 5.30. The van der Waals surface area contributed by atoms with Gasteiger partial charge in [-0.25, -0.2) is 9.97 Å². The van der Waals surface area contributed by atoms with Gasteiger partial charge in [-0.05, 0) is 62.0 Å². The Labute approximate surface area is 243 Å². The lowest BCUT2D eigenvalue weighted by Gasteiger charge is -2.22. The predicted molar refractivity (Wildman–Crippen MR) is 174 cm³/mol. The maximum Gasteiger partial charge on any atom is 0.159 e. The molecule has 0 amide bonds. The highest BCUT2D eigenvalue weighted by Crippen LogP contribution is 2.53. The second-order valence-electron chi connectivity index (χ2n) is 11.9. The van der Waals surface area contributed by atoms with E-state index in [2.05, 4.69) is 122 Å². The Kier molecular flexibility index (Phi) is 4.67.